The summed E-state index contributed by atoms with van der Waals surface area (Å²) in [5.41, 5.74) is 0.820. The highest BCUT2D eigenvalue weighted by atomic mass is 32.1. The third-order valence-corrected chi connectivity index (χ3v) is 6.95. The molecule has 0 unspecified atom stereocenters. The van der Waals surface area contributed by atoms with E-state index in [0.29, 0.717) is 19.5 Å². The predicted molar refractivity (Wildman–Crippen MR) is 111 cm³/mol. The Bertz CT molecular complexity index is 1000. The molecule has 0 aromatic carbocycles. The topological polar surface area (TPSA) is 46.3 Å². The van der Waals surface area contributed by atoms with Gasteiger partial charge in [0.15, 0.2) is 0 Å². The number of thiophene rings is 2. The molecule has 138 valence electrons. The Morgan fingerprint density at radius 3 is 2.78 bits per heavy atom. The van der Waals surface area contributed by atoms with Crippen molar-refractivity contribution in [1.29, 1.82) is 0 Å². The van der Waals surface area contributed by atoms with Gasteiger partial charge >= 0.3 is 0 Å². The first-order valence-corrected chi connectivity index (χ1v) is 11.1. The maximum absolute atomic E-state index is 13.0. The highest BCUT2D eigenvalue weighted by molar-refractivity contribution is 7.20. The van der Waals surface area contributed by atoms with E-state index in [1.54, 1.807) is 40.3 Å². The molecule has 4 aromatic rings. The zero-order valence-electron chi connectivity index (χ0n) is 14.8. The number of rotatable bonds is 7. The summed E-state index contributed by atoms with van der Waals surface area (Å²) >= 11 is 4.97. The van der Waals surface area contributed by atoms with Gasteiger partial charge in [0.2, 0.25) is 5.91 Å². The van der Waals surface area contributed by atoms with Gasteiger partial charge in [0, 0.05) is 15.1 Å². The SMILES string of the molecule is Cc1ccc(CN(Cc2ccco2)C(=O)Cc2csc(-c3cccs3)n2)s1. The normalized spacial score (nSPS) is 11.0. The number of nitrogens with zero attached hydrogens (tertiary/aromatic N) is 2. The molecule has 0 radical (unpaired) electrons. The molecular formula is C20H18N2O2S3. The molecule has 4 aromatic heterocycles. The molecule has 1 amide bonds. The van der Waals surface area contributed by atoms with E-state index < -0.39 is 0 Å². The van der Waals surface area contributed by atoms with Crippen molar-refractivity contribution in [3.63, 3.8) is 0 Å². The minimum absolute atomic E-state index is 0.0560. The Balaban J connectivity index is 1.49. The number of carbonyl (C=O) groups is 1. The van der Waals surface area contributed by atoms with E-state index >= 15 is 0 Å². The highest BCUT2D eigenvalue weighted by Crippen LogP contribution is 2.28. The van der Waals surface area contributed by atoms with Crippen LogP contribution in [0.2, 0.25) is 0 Å². The average Bonchev–Trinajstić information content (AvgIpc) is 3.43. The first-order chi connectivity index (χ1) is 13.2. The van der Waals surface area contributed by atoms with Gasteiger partial charge in [0.1, 0.15) is 10.8 Å². The Morgan fingerprint density at radius 2 is 2.07 bits per heavy atom. The van der Waals surface area contributed by atoms with Crippen LogP contribution >= 0.6 is 34.0 Å². The predicted octanol–water partition coefficient (Wildman–Crippen LogP) is 5.61. The average molecular weight is 415 g/mol. The van der Waals surface area contributed by atoms with Crippen molar-refractivity contribution >= 4 is 39.9 Å². The van der Waals surface area contributed by atoms with E-state index in [-0.39, 0.29) is 5.91 Å². The van der Waals surface area contributed by atoms with E-state index in [9.17, 15) is 4.79 Å². The van der Waals surface area contributed by atoms with Gasteiger partial charge in [0.25, 0.3) is 0 Å². The standard InChI is InChI=1S/C20H18N2O2S3/c1-14-6-7-17(27-14)12-22(11-16-4-2-8-24-16)19(23)10-15-13-26-20(21-15)18-5-3-9-25-18/h2-9,13H,10-12H2,1H3. The van der Waals surface area contributed by atoms with Gasteiger partial charge in [-0.1, -0.05) is 6.07 Å². The Morgan fingerprint density at radius 1 is 1.15 bits per heavy atom. The number of carbonyl (C=O) groups excluding carboxylic acids is 1. The molecule has 7 heteroatoms. The van der Waals surface area contributed by atoms with E-state index in [0.717, 1.165) is 21.3 Å². The van der Waals surface area contributed by atoms with Gasteiger partial charge in [-0.2, -0.15) is 0 Å². The maximum Gasteiger partial charge on any atom is 0.229 e. The second-order valence-electron chi connectivity index (χ2n) is 6.14. The van der Waals surface area contributed by atoms with Crippen LogP contribution in [-0.2, 0) is 24.3 Å². The summed E-state index contributed by atoms with van der Waals surface area (Å²) in [7, 11) is 0. The van der Waals surface area contributed by atoms with Crippen LogP contribution in [0.25, 0.3) is 9.88 Å². The molecule has 0 bridgehead atoms. The number of amides is 1. The molecule has 0 atom stereocenters. The van der Waals surface area contributed by atoms with Gasteiger partial charge in [-0.05, 0) is 42.6 Å². The van der Waals surface area contributed by atoms with Crippen LogP contribution in [0.15, 0.2) is 57.8 Å². The third kappa shape index (κ3) is 4.55. The second kappa shape index (κ2) is 8.21. The summed E-state index contributed by atoms with van der Waals surface area (Å²) in [5, 5.41) is 4.99. The largest absolute Gasteiger partial charge is 0.467 e. The summed E-state index contributed by atoms with van der Waals surface area (Å²) in [6.07, 6.45) is 1.94. The molecule has 4 rings (SSSR count). The molecule has 0 saturated heterocycles. The Hall–Kier alpha value is -2.22. The molecular weight excluding hydrogens is 396 g/mol. The Labute approximate surface area is 169 Å². The summed E-state index contributed by atoms with van der Waals surface area (Å²) in [6, 6.07) is 12.0. The fraction of sp³-hybridized carbons (Fsp3) is 0.200. The zero-order chi connectivity index (χ0) is 18.6. The van der Waals surface area contributed by atoms with Crippen molar-refractivity contribution in [2.75, 3.05) is 0 Å². The number of hydrogen-bond acceptors (Lipinski definition) is 6. The molecule has 0 aliphatic heterocycles. The fourth-order valence-corrected chi connectivity index (χ4v) is 5.29. The minimum Gasteiger partial charge on any atom is -0.467 e. The molecule has 0 aliphatic carbocycles. The van der Waals surface area contributed by atoms with Crippen LogP contribution in [0.3, 0.4) is 0 Å². The van der Waals surface area contributed by atoms with Crippen LogP contribution in [0.4, 0.5) is 0 Å². The van der Waals surface area contributed by atoms with Crippen molar-refractivity contribution in [3.05, 3.63) is 74.6 Å². The summed E-state index contributed by atoms with van der Waals surface area (Å²) in [6.45, 7) is 3.12. The smallest absolute Gasteiger partial charge is 0.229 e. The number of thiazole rings is 1. The molecule has 0 saturated carbocycles. The molecule has 4 heterocycles. The third-order valence-electron chi connectivity index (χ3n) is 4.04. The number of furan rings is 1. The van der Waals surface area contributed by atoms with Crippen LogP contribution in [0.1, 0.15) is 21.2 Å². The van der Waals surface area contributed by atoms with E-state index in [4.69, 9.17) is 4.42 Å². The summed E-state index contributed by atoms with van der Waals surface area (Å²) < 4.78 is 5.46. The van der Waals surface area contributed by atoms with E-state index in [1.165, 1.54) is 9.75 Å². The minimum atomic E-state index is 0.0560. The highest BCUT2D eigenvalue weighted by Gasteiger charge is 2.19. The van der Waals surface area contributed by atoms with Crippen molar-refractivity contribution in [2.24, 2.45) is 0 Å². The van der Waals surface area contributed by atoms with Gasteiger partial charge in [-0.15, -0.1) is 34.0 Å². The molecule has 0 N–H and O–H groups in total. The van der Waals surface area contributed by atoms with Crippen molar-refractivity contribution in [2.45, 2.75) is 26.4 Å². The lowest BCUT2D eigenvalue weighted by Gasteiger charge is -2.20. The van der Waals surface area contributed by atoms with Crippen molar-refractivity contribution in [1.82, 2.24) is 9.88 Å². The van der Waals surface area contributed by atoms with Crippen LogP contribution in [0, 0.1) is 6.92 Å². The van der Waals surface area contributed by atoms with Gasteiger partial charge in [-0.3, -0.25) is 4.79 Å². The van der Waals surface area contributed by atoms with Crippen LogP contribution in [-0.4, -0.2) is 15.8 Å². The number of aromatic nitrogens is 1. The molecule has 0 aliphatic rings. The van der Waals surface area contributed by atoms with Gasteiger partial charge in [-0.25, -0.2) is 4.98 Å². The lowest BCUT2D eigenvalue weighted by molar-refractivity contribution is -0.132. The molecule has 27 heavy (non-hydrogen) atoms. The lowest BCUT2D eigenvalue weighted by atomic mass is 10.2. The summed E-state index contributed by atoms with van der Waals surface area (Å²) in [4.78, 5) is 23.0. The van der Waals surface area contributed by atoms with Crippen LogP contribution < -0.4 is 0 Å². The van der Waals surface area contributed by atoms with Crippen molar-refractivity contribution < 1.29 is 9.21 Å². The van der Waals surface area contributed by atoms with Crippen molar-refractivity contribution in [3.8, 4) is 9.88 Å². The first kappa shape index (κ1) is 18.2. The summed E-state index contributed by atoms with van der Waals surface area (Å²) in [5.74, 6) is 0.842. The number of hydrogen-bond donors (Lipinski definition) is 0. The van der Waals surface area contributed by atoms with E-state index in [1.807, 2.05) is 33.9 Å². The number of aryl methyl sites for hydroxylation is 1. The lowest BCUT2D eigenvalue weighted by Crippen LogP contribution is -2.31. The first-order valence-electron chi connectivity index (χ1n) is 8.51. The quantitative estimate of drug-likeness (QED) is 0.395. The molecule has 0 spiro atoms. The molecule has 4 nitrogen and oxygen atoms in total. The van der Waals surface area contributed by atoms with Gasteiger partial charge < -0.3 is 9.32 Å². The monoisotopic (exact) mass is 414 g/mol. The van der Waals surface area contributed by atoms with Gasteiger partial charge in [0.05, 0.1) is 36.3 Å². The molecule has 0 fully saturated rings. The zero-order valence-corrected chi connectivity index (χ0v) is 17.2. The second-order valence-corrected chi connectivity index (χ2v) is 9.32. The van der Waals surface area contributed by atoms with Crippen LogP contribution in [0.5, 0.6) is 0 Å². The fourth-order valence-electron chi connectivity index (χ4n) is 2.75. The van der Waals surface area contributed by atoms with E-state index in [2.05, 4.69) is 30.1 Å². The Kier molecular flexibility index (Phi) is 5.52. The maximum atomic E-state index is 13.0.